The van der Waals surface area contributed by atoms with Crippen LogP contribution < -0.4 is 0 Å². The molecule has 5 rings (SSSR count). The highest BCUT2D eigenvalue weighted by Crippen LogP contribution is 2.31. The van der Waals surface area contributed by atoms with E-state index in [1.54, 1.807) is 18.6 Å². The van der Waals surface area contributed by atoms with Crippen molar-refractivity contribution in [1.29, 1.82) is 0 Å². The quantitative estimate of drug-likeness (QED) is 0.307. The monoisotopic (exact) mass is 361 g/mol. The number of fused-ring (bicyclic) bond motifs is 7. The van der Waals surface area contributed by atoms with Crippen LogP contribution in [0.15, 0.2) is 53.4 Å². The maximum atomic E-state index is 4.79. The molecule has 0 spiro atoms. The Balaban J connectivity index is 2.14. The smallest absolute Gasteiger partial charge is 0.178 e. The summed E-state index contributed by atoms with van der Waals surface area (Å²) in [5.74, 6) is 0. The van der Waals surface area contributed by atoms with E-state index in [1.807, 2.05) is 30.3 Å². The molecule has 0 aliphatic rings. The number of aromatic nitrogens is 5. The lowest BCUT2D eigenvalue weighted by Crippen LogP contribution is -1.94. The Morgan fingerprint density at radius 2 is 1.39 bits per heavy atom. The fourth-order valence-corrected chi connectivity index (χ4v) is 3.19. The van der Waals surface area contributed by atoms with Crippen LogP contribution in [0.4, 0.5) is 0 Å². The molecule has 1 aromatic carbocycles. The normalized spacial score (nSPS) is 11.7. The minimum absolute atomic E-state index is 0.620. The van der Waals surface area contributed by atoms with Crippen LogP contribution in [0, 0.1) is 0 Å². The van der Waals surface area contributed by atoms with E-state index in [0.29, 0.717) is 5.65 Å². The van der Waals surface area contributed by atoms with E-state index in [1.165, 1.54) is 0 Å². The lowest BCUT2D eigenvalue weighted by Gasteiger charge is -2.08. The Kier molecular flexibility index (Phi) is 2.57. The predicted octanol–water partition coefficient (Wildman–Crippen LogP) is 4.04. The average Bonchev–Trinajstić information content (AvgIpc) is 2.60. The van der Waals surface area contributed by atoms with Gasteiger partial charge in [0.05, 0.1) is 16.6 Å². The van der Waals surface area contributed by atoms with Gasteiger partial charge in [-0.2, -0.15) is 0 Å². The molecule has 0 fully saturated rings. The van der Waals surface area contributed by atoms with Crippen LogP contribution in [0.25, 0.3) is 44.0 Å². The molecule has 0 aliphatic carbocycles. The molecular formula is C17H8BrN5. The number of hydrogen-bond donors (Lipinski definition) is 0. The SMILES string of the molecule is Brc1cnc2nc3c4cccnc4c4ncccc4c3nc2c1. The summed E-state index contributed by atoms with van der Waals surface area (Å²) in [4.78, 5) is 22.9. The van der Waals surface area contributed by atoms with Gasteiger partial charge in [-0.3, -0.25) is 9.97 Å². The molecule has 0 saturated carbocycles. The minimum Gasteiger partial charge on any atom is -0.254 e. The second-order valence-electron chi connectivity index (χ2n) is 5.22. The van der Waals surface area contributed by atoms with E-state index in [2.05, 4.69) is 30.9 Å². The fourth-order valence-electron chi connectivity index (χ4n) is 2.87. The molecular weight excluding hydrogens is 354 g/mol. The zero-order chi connectivity index (χ0) is 15.4. The lowest BCUT2D eigenvalue weighted by atomic mass is 10.1. The van der Waals surface area contributed by atoms with Crippen molar-refractivity contribution in [3.05, 3.63) is 53.4 Å². The second-order valence-corrected chi connectivity index (χ2v) is 6.13. The molecule has 0 unspecified atom stereocenters. The van der Waals surface area contributed by atoms with Gasteiger partial charge >= 0.3 is 0 Å². The number of pyridine rings is 3. The summed E-state index contributed by atoms with van der Waals surface area (Å²) in [6.45, 7) is 0. The van der Waals surface area contributed by atoms with Crippen LogP contribution in [0.5, 0.6) is 0 Å². The van der Waals surface area contributed by atoms with E-state index in [4.69, 9.17) is 9.97 Å². The van der Waals surface area contributed by atoms with Crippen LogP contribution in [0.1, 0.15) is 0 Å². The average molecular weight is 362 g/mol. The summed E-state index contributed by atoms with van der Waals surface area (Å²) < 4.78 is 0.878. The van der Waals surface area contributed by atoms with Gasteiger partial charge in [-0.05, 0) is 46.3 Å². The van der Waals surface area contributed by atoms with Crippen molar-refractivity contribution in [2.24, 2.45) is 0 Å². The van der Waals surface area contributed by atoms with Gasteiger partial charge in [0.15, 0.2) is 5.65 Å². The van der Waals surface area contributed by atoms with Crippen LogP contribution in [0.2, 0.25) is 0 Å². The Morgan fingerprint density at radius 1 is 0.739 bits per heavy atom. The summed E-state index contributed by atoms with van der Waals surface area (Å²) in [5.41, 5.74) is 4.67. The molecule has 5 nitrogen and oxygen atoms in total. The summed E-state index contributed by atoms with van der Waals surface area (Å²) in [7, 11) is 0. The maximum Gasteiger partial charge on any atom is 0.178 e. The molecule has 5 aromatic rings. The molecule has 0 atom stereocenters. The first-order valence-corrected chi connectivity index (χ1v) is 7.85. The summed E-state index contributed by atoms with van der Waals surface area (Å²) in [6, 6.07) is 9.73. The van der Waals surface area contributed by atoms with E-state index in [9.17, 15) is 0 Å². The van der Waals surface area contributed by atoms with Crippen LogP contribution in [-0.2, 0) is 0 Å². The molecule has 108 valence electrons. The standard InChI is InChI=1S/C17H8BrN5/c18-9-7-12-17(21-8-9)23-16-11-4-2-6-20-14(11)13-10(15(16)22-12)3-1-5-19-13/h1-8H. The maximum absolute atomic E-state index is 4.79. The van der Waals surface area contributed by atoms with E-state index >= 15 is 0 Å². The fraction of sp³-hybridized carbons (Fsp3) is 0. The summed E-state index contributed by atoms with van der Waals surface area (Å²) >= 11 is 3.43. The Labute approximate surface area is 138 Å². The molecule has 0 aliphatic heterocycles. The molecule has 0 radical (unpaired) electrons. The molecule has 0 N–H and O–H groups in total. The van der Waals surface area contributed by atoms with Crippen molar-refractivity contribution >= 4 is 59.9 Å². The Bertz CT molecular complexity index is 1240. The topological polar surface area (TPSA) is 64.5 Å². The number of nitrogens with zero attached hydrogens (tertiary/aromatic N) is 5. The number of rotatable bonds is 0. The summed E-state index contributed by atoms with van der Waals surface area (Å²) in [5, 5.41) is 1.89. The van der Waals surface area contributed by atoms with Crippen LogP contribution in [0.3, 0.4) is 0 Å². The Morgan fingerprint density at radius 3 is 2.09 bits per heavy atom. The molecule has 0 amide bonds. The van der Waals surface area contributed by atoms with Crippen molar-refractivity contribution < 1.29 is 0 Å². The van der Waals surface area contributed by atoms with Gasteiger partial charge in [0.2, 0.25) is 0 Å². The van der Waals surface area contributed by atoms with Gasteiger partial charge < -0.3 is 0 Å². The molecule has 4 aromatic heterocycles. The molecule has 23 heavy (non-hydrogen) atoms. The number of hydrogen-bond acceptors (Lipinski definition) is 5. The Hall–Kier alpha value is -2.73. The van der Waals surface area contributed by atoms with Gasteiger partial charge in [-0.1, -0.05) is 0 Å². The van der Waals surface area contributed by atoms with Gasteiger partial charge in [0.1, 0.15) is 11.0 Å². The van der Waals surface area contributed by atoms with Crippen molar-refractivity contribution in [2.75, 3.05) is 0 Å². The third kappa shape index (κ3) is 1.82. The first-order chi connectivity index (χ1) is 11.3. The van der Waals surface area contributed by atoms with Crippen LogP contribution >= 0.6 is 15.9 Å². The van der Waals surface area contributed by atoms with Crippen molar-refractivity contribution in [3.8, 4) is 0 Å². The van der Waals surface area contributed by atoms with E-state index < -0.39 is 0 Å². The van der Waals surface area contributed by atoms with Crippen molar-refractivity contribution in [1.82, 2.24) is 24.9 Å². The molecule has 0 saturated heterocycles. The largest absolute Gasteiger partial charge is 0.254 e. The highest BCUT2D eigenvalue weighted by Gasteiger charge is 2.13. The zero-order valence-corrected chi connectivity index (χ0v) is 13.3. The highest BCUT2D eigenvalue weighted by atomic mass is 79.9. The van der Waals surface area contributed by atoms with E-state index in [0.717, 1.165) is 42.8 Å². The minimum atomic E-state index is 0.620. The third-order valence-corrected chi connectivity index (χ3v) is 4.27. The lowest BCUT2D eigenvalue weighted by molar-refractivity contribution is 1.28. The van der Waals surface area contributed by atoms with Gasteiger partial charge in [-0.15, -0.1) is 0 Å². The predicted molar refractivity (Wildman–Crippen MR) is 93.1 cm³/mol. The first-order valence-electron chi connectivity index (χ1n) is 7.06. The van der Waals surface area contributed by atoms with Gasteiger partial charge in [0.25, 0.3) is 0 Å². The molecule has 4 heterocycles. The van der Waals surface area contributed by atoms with Crippen LogP contribution in [-0.4, -0.2) is 24.9 Å². The van der Waals surface area contributed by atoms with E-state index in [-0.39, 0.29) is 0 Å². The van der Waals surface area contributed by atoms with Gasteiger partial charge in [0, 0.05) is 33.8 Å². The third-order valence-electron chi connectivity index (χ3n) is 3.84. The molecule has 6 heteroatoms. The van der Waals surface area contributed by atoms with Gasteiger partial charge in [-0.25, -0.2) is 15.0 Å². The van der Waals surface area contributed by atoms with Crippen molar-refractivity contribution in [3.63, 3.8) is 0 Å². The summed E-state index contributed by atoms with van der Waals surface area (Å²) in [6.07, 6.45) is 5.27. The highest BCUT2D eigenvalue weighted by molar-refractivity contribution is 9.10. The number of benzene rings is 1. The number of halogens is 1. The second kappa shape index (κ2) is 4.63. The zero-order valence-electron chi connectivity index (χ0n) is 11.7. The first kappa shape index (κ1) is 12.8. The van der Waals surface area contributed by atoms with Crippen molar-refractivity contribution in [2.45, 2.75) is 0 Å². The molecule has 0 bridgehead atoms.